The second-order valence-electron chi connectivity index (χ2n) is 6.38. The van der Waals surface area contributed by atoms with Gasteiger partial charge in [-0.3, -0.25) is 15.0 Å². The molecule has 0 bridgehead atoms. The van der Waals surface area contributed by atoms with E-state index in [1.807, 2.05) is 0 Å². The number of hydrogen-bond acceptors (Lipinski definition) is 10. The van der Waals surface area contributed by atoms with E-state index in [0.717, 1.165) is 6.07 Å². The first-order valence-electron chi connectivity index (χ1n) is 8.92. The van der Waals surface area contributed by atoms with Crippen LogP contribution in [0.25, 0.3) is 10.6 Å². The van der Waals surface area contributed by atoms with E-state index in [9.17, 15) is 36.4 Å². The summed E-state index contributed by atoms with van der Waals surface area (Å²) in [7, 11) is -5.01. The van der Waals surface area contributed by atoms with Crippen LogP contribution in [0.1, 0.15) is 19.3 Å². The van der Waals surface area contributed by atoms with Crippen LogP contribution in [0.4, 0.5) is 13.2 Å². The van der Waals surface area contributed by atoms with E-state index in [0.29, 0.717) is 21.9 Å². The van der Waals surface area contributed by atoms with Crippen molar-refractivity contribution in [3.05, 3.63) is 36.5 Å². The number of carbonyl (C=O) groups is 2. The Bertz CT molecular complexity index is 1060. The van der Waals surface area contributed by atoms with Gasteiger partial charge >= 0.3 is 12.1 Å². The minimum Gasteiger partial charge on any atom is -0.367 e. The Hall–Kier alpha value is -2.59. The Labute approximate surface area is 184 Å². The molecule has 0 aliphatic rings. The summed E-state index contributed by atoms with van der Waals surface area (Å²) in [5.41, 5.74) is 11.0. The third kappa shape index (κ3) is 5.07. The molecule has 0 spiro atoms. The van der Waals surface area contributed by atoms with Gasteiger partial charge in [0, 0.05) is 11.4 Å². The van der Waals surface area contributed by atoms with E-state index in [1.165, 1.54) is 12.3 Å². The number of thiophene rings is 1. The minimum atomic E-state index is -5.58. The van der Waals surface area contributed by atoms with E-state index >= 15 is 0 Å². The summed E-state index contributed by atoms with van der Waals surface area (Å²) < 4.78 is 64.1. The molecule has 0 saturated carbocycles. The second-order valence-corrected chi connectivity index (χ2v) is 9.85. The zero-order valence-electron chi connectivity index (χ0n) is 16.3. The third-order valence-electron chi connectivity index (χ3n) is 4.27. The second kappa shape index (κ2) is 9.91. The first kappa shape index (κ1) is 25.7. The Morgan fingerprint density at radius 3 is 2.41 bits per heavy atom. The van der Waals surface area contributed by atoms with Crippen LogP contribution in [-0.4, -0.2) is 53.3 Å². The lowest BCUT2D eigenvalue weighted by molar-refractivity contribution is -0.355. The summed E-state index contributed by atoms with van der Waals surface area (Å²) in [5, 5.41) is 9.22. The van der Waals surface area contributed by atoms with E-state index in [4.69, 9.17) is 11.5 Å². The van der Waals surface area contributed by atoms with E-state index < -0.39 is 48.6 Å². The zero-order chi connectivity index (χ0) is 24.2. The van der Waals surface area contributed by atoms with Gasteiger partial charge in [-0.2, -0.15) is 13.2 Å². The van der Waals surface area contributed by atoms with Crippen molar-refractivity contribution in [3.8, 4) is 10.6 Å². The maximum Gasteiger partial charge on any atom is 0.492 e. The normalized spacial score (nSPS) is 14.2. The van der Waals surface area contributed by atoms with Crippen LogP contribution in [0.3, 0.4) is 0 Å². The quantitative estimate of drug-likeness (QED) is 0.327. The fourth-order valence-corrected chi connectivity index (χ4v) is 6.01. The summed E-state index contributed by atoms with van der Waals surface area (Å²) >= 11 is 0.635. The van der Waals surface area contributed by atoms with Gasteiger partial charge in [-0.25, -0.2) is 13.2 Å². The number of hydroxylamine groups is 2. The molecule has 1 amide bonds. The molecule has 15 heteroatoms. The predicted molar refractivity (Wildman–Crippen MR) is 105 cm³/mol. The molecule has 0 aromatic carbocycles. The van der Waals surface area contributed by atoms with Gasteiger partial charge in [0.2, 0.25) is 9.84 Å². The maximum atomic E-state index is 13.4. The largest absolute Gasteiger partial charge is 0.492 e. The number of aromatic nitrogens is 1. The number of halogens is 3. The number of sulfone groups is 1. The summed E-state index contributed by atoms with van der Waals surface area (Å²) in [6.45, 7) is 0.0471. The average Bonchev–Trinajstić information content (AvgIpc) is 3.22. The summed E-state index contributed by atoms with van der Waals surface area (Å²) in [4.78, 5) is 28.5. The Kier molecular flexibility index (Phi) is 7.95. The van der Waals surface area contributed by atoms with Gasteiger partial charge in [0.1, 0.15) is 4.21 Å². The van der Waals surface area contributed by atoms with Crippen molar-refractivity contribution in [2.75, 3.05) is 6.54 Å². The number of nitrogens with zero attached hydrogens (tertiary/aromatic N) is 2. The smallest absolute Gasteiger partial charge is 0.367 e. The number of primary amides is 1. The van der Waals surface area contributed by atoms with Crippen LogP contribution in [0.15, 0.2) is 40.7 Å². The minimum absolute atomic E-state index is 0.0471. The predicted octanol–water partition coefficient (Wildman–Crippen LogP) is 1.61. The highest BCUT2D eigenvalue weighted by Gasteiger charge is 2.59. The highest BCUT2D eigenvalue weighted by atomic mass is 32.2. The molecular weight excluding hydrogens is 477 g/mol. The number of amides is 1. The van der Waals surface area contributed by atoms with Gasteiger partial charge in [0.15, 0.2) is 0 Å². The first-order chi connectivity index (χ1) is 14.9. The zero-order valence-corrected chi connectivity index (χ0v) is 17.9. The molecule has 5 N–H and O–H groups in total. The monoisotopic (exact) mass is 496 g/mol. The van der Waals surface area contributed by atoms with Crippen LogP contribution < -0.4 is 11.5 Å². The molecule has 2 aromatic rings. The van der Waals surface area contributed by atoms with Crippen molar-refractivity contribution >= 4 is 33.1 Å². The first-order valence-corrected chi connectivity index (χ1v) is 11.2. The van der Waals surface area contributed by atoms with Crippen LogP contribution in [-0.2, 0) is 24.3 Å². The molecular formula is C17H19F3N4O6S2. The molecule has 2 rings (SSSR count). The number of carbonyl (C=O) groups excluding carboxylic acids is 2. The van der Waals surface area contributed by atoms with Gasteiger partial charge < -0.3 is 16.3 Å². The van der Waals surface area contributed by atoms with Crippen molar-refractivity contribution < 1.29 is 41.2 Å². The summed E-state index contributed by atoms with van der Waals surface area (Å²) in [5.74, 6) is -4.69. The molecule has 0 saturated heterocycles. The van der Waals surface area contributed by atoms with Gasteiger partial charge in [-0.1, -0.05) is 6.07 Å². The maximum absolute atomic E-state index is 13.4. The molecule has 0 unspecified atom stereocenters. The Morgan fingerprint density at radius 1 is 1.19 bits per heavy atom. The van der Waals surface area contributed by atoms with Crippen molar-refractivity contribution in [2.24, 2.45) is 11.5 Å². The number of pyridine rings is 1. The van der Waals surface area contributed by atoms with Gasteiger partial charge in [0.25, 0.3) is 10.8 Å². The fourth-order valence-electron chi connectivity index (χ4n) is 2.67. The molecule has 0 aliphatic carbocycles. The molecule has 0 fully saturated rings. The lowest BCUT2D eigenvalue weighted by Gasteiger charge is -2.34. The Morgan fingerprint density at radius 2 is 1.88 bits per heavy atom. The molecule has 1 atom stereocenters. The van der Waals surface area contributed by atoms with Crippen LogP contribution in [0, 0.1) is 0 Å². The number of unbranched alkanes of at least 4 members (excludes halogenated alkanes) is 1. The number of nitrogens with two attached hydrogens (primary N) is 2. The summed E-state index contributed by atoms with van der Waals surface area (Å²) in [6.07, 6.45) is -4.95. The third-order valence-corrected chi connectivity index (χ3v) is 8.20. The van der Waals surface area contributed by atoms with Crippen LogP contribution >= 0.6 is 11.3 Å². The van der Waals surface area contributed by atoms with Crippen molar-refractivity contribution in [1.29, 1.82) is 0 Å². The van der Waals surface area contributed by atoms with Crippen molar-refractivity contribution in [2.45, 2.75) is 34.5 Å². The topological polar surface area (TPSA) is 166 Å². The standard InChI is InChI=1S/C17H19F3N4O6S2/c18-17(19,20)15(26)30-24(27)16(14(22)25,8-2-3-9-21)32(28,29)13-7-6-12(31-13)11-5-1-4-10-23-11/h1,4-7,10,27H,2-3,8-9,21H2,(H2,22,25)/t16-/m1/s1. The number of rotatable bonds is 10. The molecule has 10 nitrogen and oxygen atoms in total. The highest BCUT2D eigenvalue weighted by Crippen LogP contribution is 2.39. The van der Waals surface area contributed by atoms with Crippen molar-refractivity contribution in [1.82, 2.24) is 10.2 Å². The molecule has 0 radical (unpaired) electrons. The van der Waals surface area contributed by atoms with Crippen molar-refractivity contribution in [3.63, 3.8) is 0 Å². The van der Waals surface area contributed by atoms with Gasteiger partial charge in [0.05, 0.1) is 10.6 Å². The molecule has 2 heterocycles. The molecule has 2 aromatic heterocycles. The number of alkyl halides is 3. The average molecular weight is 496 g/mol. The number of hydrogen-bond donors (Lipinski definition) is 3. The molecule has 176 valence electrons. The Balaban J connectivity index is 2.57. The van der Waals surface area contributed by atoms with Crippen LogP contribution in [0.5, 0.6) is 0 Å². The fraction of sp³-hybridized carbons (Fsp3) is 0.353. The van der Waals surface area contributed by atoms with Crippen LogP contribution in [0.2, 0.25) is 0 Å². The highest BCUT2D eigenvalue weighted by molar-refractivity contribution is 7.95. The van der Waals surface area contributed by atoms with E-state index in [-0.39, 0.29) is 19.4 Å². The lowest BCUT2D eigenvalue weighted by atomic mass is 10.1. The van der Waals surface area contributed by atoms with E-state index in [1.54, 1.807) is 18.2 Å². The van der Waals surface area contributed by atoms with E-state index in [2.05, 4.69) is 9.82 Å². The molecule has 32 heavy (non-hydrogen) atoms. The summed E-state index contributed by atoms with van der Waals surface area (Å²) in [6, 6.07) is 7.28. The SMILES string of the molecule is NCCCC[C@@](C(N)=O)(N(O)OC(=O)C(F)(F)F)S(=O)(=O)c1ccc(-c2ccccn2)s1. The van der Waals surface area contributed by atoms with Gasteiger partial charge in [-0.05, 0) is 50.1 Å². The van der Waals surface area contributed by atoms with Gasteiger partial charge in [-0.15, -0.1) is 11.3 Å². The lowest BCUT2D eigenvalue weighted by Crippen LogP contribution is -2.62. The molecule has 0 aliphatic heterocycles.